The van der Waals surface area contributed by atoms with Crippen molar-refractivity contribution in [1.29, 1.82) is 5.26 Å². The lowest BCUT2D eigenvalue weighted by atomic mass is 10.0. The summed E-state index contributed by atoms with van der Waals surface area (Å²) >= 11 is 0. The molecule has 2 aromatic heterocycles. The Morgan fingerprint density at radius 1 is 1.15 bits per heavy atom. The van der Waals surface area contributed by atoms with Crippen molar-refractivity contribution in [3.05, 3.63) is 59.2 Å². The molecule has 3 heterocycles. The summed E-state index contributed by atoms with van der Waals surface area (Å²) in [4.78, 5) is 0. The molecule has 2 aromatic rings. The Hall–Kier alpha value is -3.16. The van der Waals surface area contributed by atoms with E-state index in [-0.39, 0.29) is 22.9 Å². The van der Waals surface area contributed by atoms with Crippen LogP contribution in [0.2, 0.25) is 0 Å². The Balaban J connectivity index is 2.04. The largest absolute Gasteiger partial charge is 0.757 e. The molecule has 4 rings (SSSR count). The van der Waals surface area contributed by atoms with Gasteiger partial charge in [-0.25, -0.2) is 0 Å². The second-order valence-electron chi connectivity index (χ2n) is 7.54. The number of fused-ring (bicyclic) bond motifs is 1. The predicted octanol–water partition coefficient (Wildman–Crippen LogP) is 2.50. The van der Waals surface area contributed by atoms with Crippen molar-refractivity contribution in [3.63, 3.8) is 0 Å². The van der Waals surface area contributed by atoms with Crippen molar-refractivity contribution in [1.82, 2.24) is 9.13 Å². The normalized spacial score (nSPS) is 23.0. The van der Waals surface area contributed by atoms with Crippen LogP contribution in [-0.4, -0.2) is 31.1 Å². The zero-order chi connectivity index (χ0) is 18.6. The number of aromatic nitrogens is 2. The molecule has 0 radical (unpaired) electrons. The van der Waals surface area contributed by atoms with Crippen LogP contribution in [0.4, 0.5) is 0 Å². The van der Waals surface area contributed by atoms with E-state index in [4.69, 9.17) is 5.10 Å². The molecule has 6 heteroatoms. The van der Waals surface area contributed by atoms with E-state index in [2.05, 4.69) is 13.8 Å². The van der Waals surface area contributed by atoms with Crippen LogP contribution in [0.1, 0.15) is 25.2 Å². The summed E-state index contributed by atoms with van der Waals surface area (Å²) in [5.41, 5.74) is 3.89. The van der Waals surface area contributed by atoms with Gasteiger partial charge in [0.15, 0.2) is 6.07 Å². The number of hydrogen-bond donors (Lipinski definition) is 0. The lowest BCUT2D eigenvalue weighted by molar-refractivity contribution is -0.476. The van der Waals surface area contributed by atoms with Gasteiger partial charge in [0.2, 0.25) is 5.71 Å². The predicted molar refractivity (Wildman–Crippen MR) is 100.0 cm³/mol. The van der Waals surface area contributed by atoms with Gasteiger partial charge in [0.25, 0.3) is 0 Å². The van der Waals surface area contributed by atoms with Crippen molar-refractivity contribution >= 4 is 17.3 Å². The summed E-state index contributed by atoms with van der Waals surface area (Å²) < 4.78 is 5.62. The summed E-state index contributed by atoms with van der Waals surface area (Å²) in [6, 6.07) is 10.0. The summed E-state index contributed by atoms with van der Waals surface area (Å²) in [7, 11) is 3.96. The van der Waals surface area contributed by atoms with Gasteiger partial charge in [0.1, 0.15) is 11.4 Å². The quantitative estimate of drug-likeness (QED) is 0.479. The van der Waals surface area contributed by atoms with Crippen molar-refractivity contribution < 1.29 is 4.68 Å². The van der Waals surface area contributed by atoms with Gasteiger partial charge in [-0.3, -0.25) is 0 Å². The minimum absolute atomic E-state index is 0.00550. The highest BCUT2D eigenvalue weighted by Gasteiger charge is 2.69. The van der Waals surface area contributed by atoms with Crippen LogP contribution in [0.5, 0.6) is 0 Å². The molecule has 2 aliphatic rings. The number of hydrazone groups is 1. The maximum atomic E-state index is 9.52. The van der Waals surface area contributed by atoms with Gasteiger partial charge >= 0.3 is 5.70 Å². The number of allylic oxidation sites excluding steroid dienone is 1. The van der Waals surface area contributed by atoms with E-state index >= 15 is 0 Å². The number of nitrogens with zero attached hydrogens (tertiary/aromatic N) is 6. The van der Waals surface area contributed by atoms with Gasteiger partial charge in [0, 0.05) is 37.5 Å². The number of nitriles is 1. The zero-order valence-electron chi connectivity index (χ0n) is 15.3. The van der Waals surface area contributed by atoms with Crippen LogP contribution in [-0.2, 0) is 14.1 Å². The first kappa shape index (κ1) is 16.3. The van der Waals surface area contributed by atoms with Gasteiger partial charge in [-0.05, 0) is 34.4 Å². The molecule has 2 atom stereocenters. The van der Waals surface area contributed by atoms with Crippen LogP contribution in [0, 0.1) is 28.6 Å². The molecule has 1 aliphatic heterocycles. The number of hydrogen-bond acceptors (Lipinski definition) is 2. The molecule has 1 fully saturated rings. The fourth-order valence-electron chi connectivity index (χ4n) is 4.24. The van der Waals surface area contributed by atoms with Gasteiger partial charge in [0.05, 0.1) is 11.6 Å². The van der Waals surface area contributed by atoms with Crippen molar-refractivity contribution in [2.75, 3.05) is 0 Å². The molecular weight excluding hydrogens is 324 g/mol. The van der Waals surface area contributed by atoms with E-state index in [1.165, 1.54) is 0 Å². The summed E-state index contributed by atoms with van der Waals surface area (Å²) in [5.74, 6) is 2.48. The highest BCUT2D eigenvalue weighted by Crippen LogP contribution is 2.62. The molecule has 0 saturated heterocycles. The third-order valence-corrected chi connectivity index (χ3v) is 5.69. The van der Waals surface area contributed by atoms with Gasteiger partial charge in [-0.15, -0.1) is 0 Å². The minimum atomic E-state index is -0.00550. The highest BCUT2D eigenvalue weighted by molar-refractivity contribution is 6.12. The Bertz CT molecular complexity index is 1060. The Morgan fingerprint density at radius 2 is 1.77 bits per heavy atom. The average molecular weight is 344 g/mol. The molecule has 0 N–H and O–H groups in total. The molecular formula is C20H20N6. The van der Waals surface area contributed by atoms with E-state index in [1.807, 2.05) is 71.8 Å². The van der Waals surface area contributed by atoms with Crippen LogP contribution >= 0.6 is 0 Å². The van der Waals surface area contributed by atoms with Crippen LogP contribution in [0.3, 0.4) is 0 Å². The fourth-order valence-corrected chi connectivity index (χ4v) is 4.24. The highest BCUT2D eigenvalue weighted by atomic mass is 15.4. The summed E-state index contributed by atoms with van der Waals surface area (Å²) in [5, 5.41) is 23.9. The van der Waals surface area contributed by atoms with Gasteiger partial charge in [-0.2, -0.15) is 11.1 Å². The lowest BCUT2D eigenvalue weighted by Gasteiger charge is -2.12. The van der Waals surface area contributed by atoms with E-state index in [0.29, 0.717) is 0 Å². The fraction of sp³-hybridized carbons (Fsp3) is 0.350. The van der Waals surface area contributed by atoms with Gasteiger partial charge < -0.3 is 14.5 Å². The standard InChI is InChI=1S/C20H20N6/c1-20(2)16-17(20)19(15-8-6-10-25(15)4)26(13(11-21)12-22)23-18(16)14-7-5-9-24(14)3/h5-10,16-17H,1-4H3/t16-,17+/m0/s1. The molecule has 6 nitrogen and oxygen atoms in total. The monoisotopic (exact) mass is 344 g/mol. The van der Waals surface area contributed by atoms with Crippen LogP contribution < -0.4 is 0 Å². The second kappa shape index (κ2) is 5.42. The molecule has 1 aliphatic carbocycles. The maximum Gasteiger partial charge on any atom is 0.335 e. The van der Waals surface area contributed by atoms with Gasteiger partial charge in [-0.1, -0.05) is 13.8 Å². The average Bonchev–Trinajstić information content (AvgIpc) is 2.97. The number of aryl methyl sites for hydroxylation is 2. The molecule has 0 bridgehead atoms. The molecule has 1 saturated carbocycles. The third-order valence-electron chi connectivity index (χ3n) is 5.69. The molecule has 0 unspecified atom stereocenters. The van der Waals surface area contributed by atoms with E-state index < -0.39 is 0 Å². The molecule has 0 amide bonds. The smallest absolute Gasteiger partial charge is 0.335 e. The Kier molecular flexibility index (Phi) is 3.40. The second-order valence-corrected chi connectivity index (χ2v) is 7.54. The van der Waals surface area contributed by atoms with Crippen molar-refractivity contribution in [2.45, 2.75) is 13.8 Å². The molecule has 0 aromatic carbocycles. The molecule has 26 heavy (non-hydrogen) atoms. The molecule has 130 valence electrons. The maximum absolute atomic E-state index is 9.52. The summed E-state index contributed by atoms with van der Waals surface area (Å²) in [6.45, 7) is 4.46. The van der Waals surface area contributed by atoms with E-state index in [0.717, 1.165) is 22.8 Å². The minimum Gasteiger partial charge on any atom is -0.757 e. The van der Waals surface area contributed by atoms with E-state index in [1.54, 1.807) is 4.68 Å². The van der Waals surface area contributed by atoms with Crippen LogP contribution in [0.25, 0.3) is 5.41 Å². The Morgan fingerprint density at radius 3 is 2.27 bits per heavy atom. The Labute approximate surface area is 152 Å². The first-order chi connectivity index (χ1) is 12.4. The first-order valence-corrected chi connectivity index (χ1v) is 8.57. The number of rotatable bonds is 3. The van der Waals surface area contributed by atoms with Crippen LogP contribution in [0.15, 0.2) is 47.5 Å². The third kappa shape index (κ3) is 2.08. The summed E-state index contributed by atoms with van der Waals surface area (Å²) in [6.07, 6.45) is 3.96. The molecule has 0 spiro atoms. The van der Waals surface area contributed by atoms with Crippen molar-refractivity contribution in [3.8, 4) is 6.07 Å². The zero-order valence-corrected chi connectivity index (χ0v) is 15.3. The van der Waals surface area contributed by atoms with E-state index in [9.17, 15) is 10.7 Å². The van der Waals surface area contributed by atoms with Crippen molar-refractivity contribution in [2.24, 2.45) is 36.4 Å². The topological polar surface area (TPSA) is 71.3 Å². The SMILES string of the molecule is Cn1cccc1C1=N[N+](C(=C=[N-])C#N)=C(c2cccn2C)[C@H]2[C@@H]1C2(C)C. The lowest BCUT2D eigenvalue weighted by Crippen LogP contribution is -2.29. The first-order valence-electron chi connectivity index (χ1n) is 8.57.